The van der Waals surface area contributed by atoms with E-state index in [0.717, 1.165) is 24.9 Å². The number of alkyl halides is 2. The van der Waals surface area contributed by atoms with E-state index in [4.69, 9.17) is 5.26 Å². The van der Waals surface area contributed by atoms with Crippen LogP contribution in [0.3, 0.4) is 0 Å². The van der Waals surface area contributed by atoms with Crippen LogP contribution in [0, 0.1) is 16.7 Å². The predicted octanol–water partition coefficient (Wildman–Crippen LogP) is 3.40. The van der Waals surface area contributed by atoms with Crippen molar-refractivity contribution >= 4 is 0 Å². The minimum absolute atomic E-state index is 0.0362. The Bertz CT molecular complexity index is 508. The van der Waals surface area contributed by atoms with E-state index in [9.17, 15) is 8.78 Å². The molecule has 1 atom stereocenters. The van der Waals surface area contributed by atoms with Crippen molar-refractivity contribution in [2.75, 3.05) is 6.54 Å². The number of piperidine rings is 1. The van der Waals surface area contributed by atoms with Crippen molar-refractivity contribution in [3.8, 4) is 6.07 Å². The third kappa shape index (κ3) is 2.35. The Morgan fingerprint density at radius 3 is 2.47 bits per heavy atom. The summed E-state index contributed by atoms with van der Waals surface area (Å²) in [7, 11) is 0. The highest BCUT2D eigenvalue weighted by Gasteiger charge is 2.57. The van der Waals surface area contributed by atoms with Gasteiger partial charge in [0.1, 0.15) is 0 Å². The van der Waals surface area contributed by atoms with Crippen LogP contribution in [0.15, 0.2) is 24.3 Å². The van der Waals surface area contributed by atoms with Crippen molar-refractivity contribution in [1.82, 2.24) is 5.32 Å². The summed E-state index contributed by atoms with van der Waals surface area (Å²) in [6.07, 6.45) is 1.69. The first-order chi connectivity index (χ1) is 9.02. The van der Waals surface area contributed by atoms with E-state index in [0.29, 0.717) is 5.56 Å². The van der Waals surface area contributed by atoms with Crippen molar-refractivity contribution in [2.24, 2.45) is 5.41 Å². The molecule has 0 radical (unpaired) electrons. The molecule has 1 aromatic carbocycles. The van der Waals surface area contributed by atoms with Gasteiger partial charge in [-0.1, -0.05) is 12.1 Å². The van der Waals surface area contributed by atoms with Crippen molar-refractivity contribution in [1.29, 1.82) is 5.26 Å². The van der Waals surface area contributed by atoms with Crippen LogP contribution in [0.2, 0.25) is 0 Å². The first-order valence-electron chi connectivity index (χ1n) is 6.63. The minimum atomic E-state index is -2.45. The molecule has 1 N–H and O–H groups in total. The molecule has 1 aromatic rings. The molecule has 2 fully saturated rings. The van der Waals surface area contributed by atoms with Gasteiger partial charge in [-0.3, -0.25) is 0 Å². The van der Waals surface area contributed by atoms with E-state index in [-0.39, 0.29) is 24.3 Å². The molecular formula is C15H16F2N2. The van der Waals surface area contributed by atoms with E-state index < -0.39 is 5.92 Å². The number of nitriles is 1. The summed E-state index contributed by atoms with van der Waals surface area (Å²) in [5.74, 6) is -2.45. The molecule has 1 saturated carbocycles. The van der Waals surface area contributed by atoms with Gasteiger partial charge in [-0.25, -0.2) is 8.78 Å². The quantitative estimate of drug-likeness (QED) is 0.842. The van der Waals surface area contributed by atoms with Crippen molar-refractivity contribution < 1.29 is 8.78 Å². The zero-order valence-corrected chi connectivity index (χ0v) is 10.6. The molecule has 1 unspecified atom stereocenters. The number of nitrogens with zero attached hydrogens (tertiary/aromatic N) is 1. The zero-order valence-electron chi connectivity index (χ0n) is 10.6. The summed E-state index contributed by atoms with van der Waals surface area (Å²) >= 11 is 0. The van der Waals surface area contributed by atoms with Crippen molar-refractivity contribution in [3.05, 3.63) is 35.4 Å². The third-order valence-corrected chi connectivity index (χ3v) is 4.39. The molecule has 19 heavy (non-hydrogen) atoms. The van der Waals surface area contributed by atoms with Gasteiger partial charge in [0, 0.05) is 18.9 Å². The maximum absolute atomic E-state index is 13.1. The van der Waals surface area contributed by atoms with Gasteiger partial charge in [0.15, 0.2) is 0 Å². The summed E-state index contributed by atoms with van der Waals surface area (Å²) in [5.41, 5.74) is 1.55. The first kappa shape index (κ1) is 12.6. The molecule has 2 nitrogen and oxygen atoms in total. The van der Waals surface area contributed by atoms with Crippen LogP contribution >= 0.6 is 0 Å². The van der Waals surface area contributed by atoms with Crippen LogP contribution in [0.5, 0.6) is 0 Å². The third-order valence-electron chi connectivity index (χ3n) is 4.39. The van der Waals surface area contributed by atoms with Crippen LogP contribution in [0.1, 0.15) is 42.9 Å². The number of hydrogen-bond donors (Lipinski definition) is 1. The number of nitrogens with one attached hydrogen (secondary N) is 1. The van der Waals surface area contributed by atoms with Gasteiger partial charge in [-0.15, -0.1) is 0 Å². The van der Waals surface area contributed by atoms with Gasteiger partial charge in [-0.2, -0.15) is 5.26 Å². The highest BCUT2D eigenvalue weighted by atomic mass is 19.3. The SMILES string of the molecule is N#Cc1ccc(C2CC3(CCN2)CC(F)(F)C3)cc1. The molecular weight excluding hydrogens is 246 g/mol. The highest BCUT2D eigenvalue weighted by Crippen LogP contribution is 2.58. The number of rotatable bonds is 1. The molecule has 0 aromatic heterocycles. The lowest BCUT2D eigenvalue weighted by Crippen LogP contribution is -2.52. The molecule has 1 aliphatic heterocycles. The largest absolute Gasteiger partial charge is 0.310 e. The fraction of sp³-hybridized carbons (Fsp3) is 0.533. The predicted molar refractivity (Wildman–Crippen MR) is 67.7 cm³/mol. The Morgan fingerprint density at radius 2 is 1.89 bits per heavy atom. The van der Waals surface area contributed by atoms with Crippen LogP contribution in [-0.4, -0.2) is 12.5 Å². The van der Waals surface area contributed by atoms with Gasteiger partial charge in [0.2, 0.25) is 5.92 Å². The van der Waals surface area contributed by atoms with Crippen molar-refractivity contribution in [3.63, 3.8) is 0 Å². The Balaban J connectivity index is 1.73. The molecule has 100 valence electrons. The number of halogens is 2. The van der Waals surface area contributed by atoms with E-state index in [1.807, 2.05) is 12.1 Å². The zero-order chi connectivity index (χ0) is 13.5. The summed E-state index contributed by atoms with van der Waals surface area (Å²) in [4.78, 5) is 0. The topological polar surface area (TPSA) is 35.8 Å². The Hall–Kier alpha value is -1.47. The van der Waals surface area contributed by atoms with Crippen LogP contribution in [0.25, 0.3) is 0 Å². The summed E-state index contributed by atoms with van der Waals surface area (Å²) in [6.45, 7) is 0.792. The summed E-state index contributed by atoms with van der Waals surface area (Å²) in [6, 6.07) is 9.64. The monoisotopic (exact) mass is 262 g/mol. The van der Waals surface area contributed by atoms with Crippen molar-refractivity contribution in [2.45, 2.75) is 37.6 Å². The van der Waals surface area contributed by atoms with Gasteiger partial charge in [0.05, 0.1) is 11.6 Å². The van der Waals surface area contributed by atoms with Crippen LogP contribution < -0.4 is 5.32 Å². The second-order valence-corrected chi connectivity index (χ2v) is 5.90. The molecule has 4 heteroatoms. The molecule has 3 rings (SSSR count). The van der Waals surface area contributed by atoms with E-state index in [1.165, 1.54) is 0 Å². The van der Waals surface area contributed by atoms with Gasteiger partial charge >= 0.3 is 0 Å². The summed E-state index contributed by atoms with van der Waals surface area (Å²) in [5, 5.41) is 12.2. The minimum Gasteiger partial charge on any atom is -0.310 e. The molecule has 2 aliphatic rings. The number of hydrogen-bond acceptors (Lipinski definition) is 2. The lowest BCUT2D eigenvalue weighted by atomic mass is 9.59. The lowest BCUT2D eigenvalue weighted by Gasteiger charge is -2.52. The first-order valence-corrected chi connectivity index (χ1v) is 6.63. The van der Waals surface area contributed by atoms with Gasteiger partial charge < -0.3 is 5.32 Å². The second-order valence-electron chi connectivity index (χ2n) is 5.90. The fourth-order valence-corrected chi connectivity index (χ4v) is 3.51. The average Bonchev–Trinajstić information content (AvgIpc) is 2.37. The van der Waals surface area contributed by atoms with Gasteiger partial charge in [0.25, 0.3) is 0 Å². The maximum atomic E-state index is 13.1. The standard InChI is InChI=1S/C15H16F2N2/c16-15(17)9-14(10-15)5-6-19-13(7-14)12-3-1-11(8-18)2-4-12/h1-4,13,19H,5-7,9-10H2. The molecule has 1 aliphatic carbocycles. The molecule has 1 heterocycles. The molecule has 0 amide bonds. The molecule has 1 spiro atoms. The summed E-state index contributed by atoms with van der Waals surface area (Å²) < 4.78 is 26.3. The second kappa shape index (κ2) is 4.28. The normalized spacial score (nSPS) is 27.5. The highest BCUT2D eigenvalue weighted by molar-refractivity contribution is 5.33. The van der Waals surface area contributed by atoms with Crippen LogP contribution in [-0.2, 0) is 0 Å². The Labute approximate surface area is 111 Å². The number of benzene rings is 1. The maximum Gasteiger partial charge on any atom is 0.249 e. The molecule has 0 bridgehead atoms. The average molecular weight is 262 g/mol. The van der Waals surface area contributed by atoms with E-state index >= 15 is 0 Å². The smallest absolute Gasteiger partial charge is 0.249 e. The lowest BCUT2D eigenvalue weighted by molar-refractivity contribution is -0.174. The van der Waals surface area contributed by atoms with Gasteiger partial charge in [-0.05, 0) is 42.5 Å². The Morgan fingerprint density at radius 1 is 1.21 bits per heavy atom. The fourth-order valence-electron chi connectivity index (χ4n) is 3.51. The van der Waals surface area contributed by atoms with E-state index in [1.54, 1.807) is 12.1 Å². The Kier molecular flexibility index (Phi) is 2.83. The van der Waals surface area contributed by atoms with E-state index in [2.05, 4.69) is 11.4 Å². The molecule has 1 saturated heterocycles. The van der Waals surface area contributed by atoms with Crippen LogP contribution in [0.4, 0.5) is 8.78 Å².